The highest BCUT2D eigenvalue weighted by atomic mass is 19.3. The molecule has 0 bridgehead atoms. The number of likely N-dealkylation sites (tertiary alicyclic amines) is 1. The van der Waals surface area contributed by atoms with Crippen LogP contribution in [0.5, 0.6) is 0 Å². The van der Waals surface area contributed by atoms with E-state index >= 15 is 0 Å². The number of aromatic nitrogens is 3. The van der Waals surface area contributed by atoms with Gasteiger partial charge in [-0.05, 0) is 30.4 Å². The summed E-state index contributed by atoms with van der Waals surface area (Å²) in [4.78, 5) is 34.9. The van der Waals surface area contributed by atoms with Crippen LogP contribution in [0.1, 0.15) is 60.8 Å². The van der Waals surface area contributed by atoms with E-state index in [2.05, 4.69) is 15.3 Å². The quantitative estimate of drug-likeness (QED) is 0.512. The molecule has 1 aromatic carbocycles. The van der Waals surface area contributed by atoms with Gasteiger partial charge in [0, 0.05) is 50.3 Å². The van der Waals surface area contributed by atoms with E-state index in [0.717, 1.165) is 6.07 Å². The number of piperidine rings is 1. The van der Waals surface area contributed by atoms with Crippen molar-refractivity contribution in [3.8, 4) is 0 Å². The molecular weight excluding hydrogens is 466 g/mol. The van der Waals surface area contributed by atoms with Crippen LogP contribution in [0.2, 0.25) is 0 Å². The second-order valence-electron chi connectivity index (χ2n) is 8.58. The first-order valence-corrected chi connectivity index (χ1v) is 11.2. The molecule has 1 aliphatic heterocycles. The molecule has 1 fully saturated rings. The van der Waals surface area contributed by atoms with Gasteiger partial charge in [-0.15, -0.1) is 0 Å². The molecule has 11 heteroatoms. The van der Waals surface area contributed by atoms with Gasteiger partial charge in [0.05, 0.1) is 5.39 Å². The lowest BCUT2D eigenvalue weighted by molar-refractivity contribution is -0.129. The standard InChI is InChI=1S/C24H25F4N5O2/c1-13(34)33-8-6-14(7-9-33)17-10-18-22(30-12-31-23(18)32(2)24(17)35)29-11-15-4-3-5-16(20(25)26)19(15)21(27)28/h3-5,10,12,14,20-21H,6-9,11H2,1-2H3,(H,29,30,31). The van der Waals surface area contributed by atoms with E-state index in [0.29, 0.717) is 48.3 Å². The SMILES string of the molecule is CC(=O)N1CCC(c2cc3c(NCc4cccc(C(F)F)c4C(F)F)ncnc3n(C)c2=O)CC1. The number of aryl methyl sites for hydroxylation is 1. The Balaban J connectivity index is 1.68. The van der Waals surface area contributed by atoms with Crippen LogP contribution in [0.25, 0.3) is 11.0 Å². The summed E-state index contributed by atoms with van der Waals surface area (Å²) in [5.74, 6) is 0.236. The van der Waals surface area contributed by atoms with Gasteiger partial charge in [0.25, 0.3) is 18.4 Å². The van der Waals surface area contributed by atoms with Gasteiger partial charge in [-0.3, -0.25) is 14.2 Å². The van der Waals surface area contributed by atoms with Gasteiger partial charge < -0.3 is 10.2 Å². The third kappa shape index (κ3) is 4.85. The topological polar surface area (TPSA) is 80.1 Å². The van der Waals surface area contributed by atoms with Crippen LogP contribution in [0, 0.1) is 0 Å². The Kier molecular flexibility index (Phi) is 7.04. The Morgan fingerprint density at radius 1 is 1.14 bits per heavy atom. The first-order valence-electron chi connectivity index (χ1n) is 11.2. The minimum Gasteiger partial charge on any atom is -0.365 e. The maximum Gasteiger partial charge on any atom is 0.264 e. The van der Waals surface area contributed by atoms with Gasteiger partial charge in [0.2, 0.25) is 5.91 Å². The molecule has 3 aromatic rings. The van der Waals surface area contributed by atoms with E-state index in [4.69, 9.17) is 0 Å². The van der Waals surface area contributed by atoms with Crippen LogP contribution in [0.4, 0.5) is 23.4 Å². The zero-order chi connectivity index (χ0) is 25.3. The van der Waals surface area contributed by atoms with Crippen LogP contribution in [0.15, 0.2) is 35.4 Å². The van der Waals surface area contributed by atoms with Crippen molar-refractivity contribution in [3.63, 3.8) is 0 Å². The first kappa shape index (κ1) is 24.6. The highest BCUT2D eigenvalue weighted by Gasteiger charge is 2.26. The Labute approximate surface area is 198 Å². The number of nitrogens with zero attached hydrogens (tertiary/aromatic N) is 4. The molecule has 0 aliphatic carbocycles. The number of nitrogens with one attached hydrogen (secondary N) is 1. The van der Waals surface area contributed by atoms with Gasteiger partial charge in [0.1, 0.15) is 17.8 Å². The number of anilines is 1. The lowest BCUT2D eigenvalue weighted by Crippen LogP contribution is -2.38. The summed E-state index contributed by atoms with van der Waals surface area (Å²) < 4.78 is 55.2. The summed E-state index contributed by atoms with van der Waals surface area (Å²) in [5.41, 5.74) is -0.645. The second-order valence-corrected chi connectivity index (χ2v) is 8.58. The Bertz CT molecular complexity index is 1300. The summed E-state index contributed by atoms with van der Waals surface area (Å²) >= 11 is 0. The molecular formula is C24H25F4N5O2. The molecule has 0 unspecified atom stereocenters. The number of hydrogen-bond donors (Lipinski definition) is 1. The molecule has 1 saturated heterocycles. The van der Waals surface area contributed by atoms with Crippen LogP contribution in [-0.4, -0.2) is 38.4 Å². The largest absolute Gasteiger partial charge is 0.365 e. The highest BCUT2D eigenvalue weighted by molar-refractivity contribution is 5.87. The van der Waals surface area contributed by atoms with Crippen molar-refractivity contribution in [2.24, 2.45) is 7.05 Å². The Morgan fingerprint density at radius 2 is 1.86 bits per heavy atom. The summed E-state index contributed by atoms with van der Waals surface area (Å²) in [6, 6.07) is 5.39. The number of carbonyl (C=O) groups is 1. The van der Waals surface area contributed by atoms with E-state index in [1.807, 2.05) is 0 Å². The number of halogens is 4. The van der Waals surface area contributed by atoms with E-state index in [1.54, 1.807) is 18.0 Å². The normalized spacial score (nSPS) is 14.8. The summed E-state index contributed by atoms with van der Waals surface area (Å²) in [7, 11) is 1.59. The average molecular weight is 491 g/mol. The average Bonchev–Trinajstić information content (AvgIpc) is 2.84. The molecule has 7 nitrogen and oxygen atoms in total. The highest BCUT2D eigenvalue weighted by Crippen LogP contribution is 2.34. The fourth-order valence-corrected chi connectivity index (χ4v) is 4.65. The number of pyridine rings is 1. The number of rotatable bonds is 6. The molecule has 2 aromatic heterocycles. The minimum absolute atomic E-state index is 0.00571. The molecule has 35 heavy (non-hydrogen) atoms. The lowest BCUT2D eigenvalue weighted by atomic mass is 9.89. The number of benzene rings is 1. The minimum atomic E-state index is -3.06. The number of amides is 1. The zero-order valence-electron chi connectivity index (χ0n) is 19.3. The Morgan fingerprint density at radius 3 is 2.49 bits per heavy atom. The molecule has 3 heterocycles. The smallest absolute Gasteiger partial charge is 0.264 e. The van der Waals surface area contributed by atoms with Crippen LogP contribution >= 0.6 is 0 Å². The van der Waals surface area contributed by atoms with Crippen molar-refractivity contribution in [1.82, 2.24) is 19.4 Å². The third-order valence-corrected chi connectivity index (χ3v) is 6.54. The molecule has 1 aliphatic rings. The van der Waals surface area contributed by atoms with Gasteiger partial charge in [-0.2, -0.15) is 0 Å². The van der Waals surface area contributed by atoms with Gasteiger partial charge in [0.15, 0.2) is 0 Å². The van der Waals surface area contributed by atoms with Crippen LogP contribution < -0.4 is 10.9 Å². The summed E-state index contributed by atoms with van der Waals surface area (Å²) in [5, 5.41) is 3.48. The molecule has 4 rings (SSSR count). The number of carbonyl (C=O) groups excluding carboxylic acids is 1. The second kappa shape index (κ2) is 10.0. The Hall–Kier alpha value is -3.50. The van der Waals surface area contributed by atoms with E-state index in [-0.39, 0.29) is 29.5 Å². The van der Waals surface area contributed by atoms with E-state index < -0.39 is 24.0 Å². The van der Waals surface area contributed by atoms with Crippen LogP contribution in [0.3, 0.4) is 0 Å². The fraction of sp³-hybridized carbons (Fsp3) is 0.417. The van der Waals surface area contributed by atoms with Crippen LogP contribution in [-0.2, 0) is 18.4 Å². The number of fused-ring (bicyclic) bond motifs is 1. The number of hydrogen-bond acceptors (Lipinski definition) is 5. The fourth-order valence-electron chi connectivity index (χ4n) is 4.65. The van der Waals surface area contributed by atoms with E-state index in [9.17, 15) is 27.2 Å². The monoisotopic (exact) mass is 491 g/mol. The molecule has 0 spiro atoms. The van der Waals surface area contributed by atoms with Crippen molar-refractivity contribution in [1.29, 1.82) is 0 Å². The van der Waals surface area contributed by atoms with Gasteiger partial charge in [-0.1, -0.05) is 18.2 Å². The van der Waals surface area contributed by atoms with Gasteiger partial charge >= 0.3 is 0 Å². The molecule has 186 valence electrons. The van der Waals surface area contributed by atoms with Crippen molar-refractivity contribution >= 4 is 22.8 Å². The predicted octanol–water partition coefficient (Wildman–Crippen LogP) is 4.54. The predicted molar refractivity (Wildman–Crippen MR) is 123 cm³/mol. The van der Waals surface area contributed by atoms with Crippen molar-refractivity contribution in [3.05, 3.63) is 63.2 Å². The molecule has 1 amide bonds. The molecule has 0 atom stereocenters. The van der Waals surface area contributed by atoms with Crippen molar-refractivity contribution in [2.75, 3.05) is 18.4 Å². The number of alkyl halides is 4. The molecule has 0 saturated carbocycles. The van der Waals surface area contributed by atoms with Gasteiger partial charge in [-0.25, -0.2) is 27.5 Å². The maximum absolute atomic E-state index is 13.6. The molecule has 0 radical (unpaired) electrons. The summed E-state index contributed by atoms with van der Waals surface area (Å²) in [6.07, 6.45) is -3.57. The lowest BCUT2D eigenvalue weighted by Gasteiger charge is -2.31. The molecule has 1 N–H and O–H groups in total. The van der Waals surface area contributed by atoms with Crippen molar-refractivity contribution in [2.45, 2.75) is 45.1 Å². The zero-order valence-corrected chi connectivity index (χ0v) is 19.3. The van der Waals surface area contributed by atoms with E-state index in [1.165, 1.54) is 30.0 Å². The van der Waals surface area contributed by atoms with Crippen molar-refractivity contribution < 1.29 is 22.4 Å². The first-order chi connectivity index (χ1) is 16.7. The third-order valence-electron chi connectivity index (χ3n) is 6.54. The maximum atomic E-state index is 13.6. The summed E-state index contributed by atoms with van der Waals surface area (Å²) in [6.45, 7) is 2.45.